The fourth-order valence-corrected chi connectivity index (χ4v) is 6.20. The molecule has 0 amide bonds. The number of carbonyl (C=O) groups excluding carboxylic acids is 2. The van der Waals surface area contributed by atoms with Gasteiger partial charge in [0.15, 0.2) is 0 Å². The number of hydrogen-bond acceptors (Lipinski definition) is 6. The maximum atomic E-state index is 12.8. The van der Waals surface area contributed by atoms with Gasteiger partial charge in [-0.05, 0) is 30.7 Å². The smallest absolute Gasteiger partial charge is 0.313 e. The Morgan fingerprint density at radius 2 is 2.08 bits per heavy atom. The number of cyclic esters (lactones) is 2. The molecule has 0 bridgehead atoms. The predicted octanol–water partition coefficient (Wildman–Crippen LogP) is 2.39. The molecule has 7 atom stereocenters. The average molecular weight is 358 g/mol. The molecule has 1 N–H and O–H groups in total. The monoisotopic (exact) mass is 358 g/mol. The first-order chi connectivity index (χ1) is 12.5. The summed E-state index contributed by atoms with van der Waals surface area (Å²) < 4.78 is 16.3. The van der Waals surface area contributed by atoms with Crippen LogP contribution < -0.4 is 0 Å². The van der Waals surface area contributed by atoms with Crippen molar-refractivity contribution in [3.05, 3.63) is 36.3 Å². The van der Waals surface area contributed by atoms with Crippen LogP contribution in [0.15, 0.2) is 35.2 Å². The highest BCUT2D eigenvalue weighted by Gasteiger charge is 2.68. The molecule has 2 aliphatic heterocycles. The third-order valence-electron chi connectivity index (χ3n) is 7.31. The number of furan rings is 1. The van der Waals surface area contributed by atoms with Crippen LogP contribution in [0.4, 0.5) is 0 Å². The Hall–Kier alpha value is -2.08. The summed E-state index contributed by atoms with van der Waals surface area (Å²) in [5.41, 5.74) is -0.0881. The van der Waals surface area contributed by atoms with Gasteiger partial charge >= 0.3 is 11.9 Å². The minimum absolute atomic E-state index is 0.218. The Labute approximate surface area is 151 Å². The maximum Gasteiger partial charge on any atom is 0.313 e. The molecular weight excluding hydrogens is 336 g/mol. The van der Waals surface area contributed by atoms with E-state index in [1.165, 1.54) is 0 Å². The number of rotatable bonds is 1. The molecule has 0 aromatic carbocycles. The van der Waals surface area contributed by atoms with Crippen LogP contribution in [-0.2, 0) is 19.1 Å². The molecule has 6 nitrogen and oxygen atoms in total. The van der Waals surface area contributed by atoms with Gasteiger partial charge in [-0.3, -0.25) is 9.59 Å². The van der Waals surface area contributed by atoms with Gasteiger partial charge in [-0.25, -0.2) is 0 Å². The summed E-state index contributed by atoms with van der Waals surface area (Å²) in [6, 6.07) is 1.81. The molecule has 26 heavy (non-hydrogen) atoms. The number of carbonyl (C=O) groups is 2. The zero-order chi connectivity index (χ0) is 18.1. The highest BCUT2D eigenvalue weighted by atomic mass is 16.5. The molecule has 1 spiro atoms. The average Bonchev–Trinajstić information content (AvgIpc) is 3.23. The van der Waals surface area contributed by atoms with E-state index in [1.54, 1.807) is 24.7 Å². The highest BCUT2D eigenvalue weighted by molar-refractivity contribution is 5.79. The van der Waals surface area contributed by atoms with Gasteiger partial charge < -0.3 is 19.0 Å². The Balaban J connectivity index is 1.60. The first kappa shape index (κ1) is 16.1. The van der Waals surface area contributed by atoms with E-state index in [-0.39, 0.29) is 29.7 Å². The second-order valence-electron chi connectivity index (χ2n) is 8.46. The van der Waals surface area contributed by atoms with Gasteiger partial charge in [0.1, 0.15) is 6.10 Å². The molecule has 3 fully saturated rings. The van der Waals surface area contributed by atoms with Crippen LogP contribution in [0, 0.1) is 28.6 Å². The summed E-state index contributed by atoms with van der Waals surface area (Å²) in [5, 5.41) is 10.9. The molecule has 3 heterocycles. The molecule has 5 rings (SSSR count). The van der Waals surface area contributed by atoms with Crippen molar-refractivity contribution in [3.8, 4) is 0 Å². The van der Waals surface area contributed by atoms with Crippen LogP contribution in [0.2, 0.25) is 0 Å². The molecule has 138 valence electrons. The summed E-state index contributed by atoms with van der Waals surface area (Å²) in [6.45, 7) is 2.38. The second-order valence-corrected chi connectivity index (χ2v) is 8.46. The number of ether oxygens (including phenoxy) is 2. The molecule has 4 aliphatic rings. The van der Waals surface area contributed by atoms with Crippen LogP contribution in [-0.4, -0.2) is 29.8 Å². The summed E-state index contributed by atoms with van der Waals surface area (Å²) in [7, 11) is 0. The zero-order valence-corrected chi connectivity index (χ0v) is 14.6. The van der Waals surface area contributed by atoms with Gasteiger partial charge in [-0.1, -0.05) is 19.1 Å². The summed E-state index contributed by atoms with van der Waals surface area (Å²) in [4.78, 5) is 25.1. The van der Waals surface area contributed by atoms with Crippen molar-refractivity contribution < 1.29 is 28.6 Å². The topological polar surface area (TPSA) is 86.0 Å². The summed E-state index contributed by atoms with van der Waals surface area (Å²) in [6.07, 6.45) is 7.51. The van der Waals surface area contributed by atoms with E-state index in [4.69, 9.17) is 13.9 Å². The van der Waals surface area contributed by atoms with Crippen molar-refractivity contribution in [1.29, 1.82) is 0 Å². The largest absolute Gasteiger partial charge is 0.472 e. The highest BCUT2D eigenvalue weighted by Crippen LogP contribution is 2.66. The van der Waals surface area contributed by atoms with E-state index in [9.17, 15) is 14.7 Å². The van der Waals surface area contributed by atoms with Crippen LogP contribution in [0.5, 0.6) is 0 Å². The fourth-order valence-electron chi connectivity index (χ4n) is 6.20. The van der Waals surface area contributed by atoms with Crippen molar-refractivity contribution >= 4 is 11.9 Å². The van der Waals surface area contributed by atoms with Gasteiger partial charge in [0, 0.05) is 16.9 Å². The Morgan fingerprint density at radius 3 is 2.85 bits per heavy atom. The quantitative estimate of drug-likeness (QED) is 0.613. The Kier molecular flexibility index (Phi) is 3.24. The SMILES string of the molecule is C[C@@]12C[C@@H](c3ccoc3)OC(=O)[C@H]1CC[C@]13COC(=O)[C@H]1C=C[C@H](O)[C@@H]23. The lowest BCUT2D eigenvalue weighted by molar-refractivity contribution is -0.204. The van der Waals surface area contributed by atoms with Crippen molar-refractivity contribution in [3.63, 3.8) is 0 Å². The van der Waals surface area contributed by atoms with E-state index >= 15 is 0 Å². The molecule has 1 saturated carbocycles. The predicted molar refractivity (Wildman–Crippen MR) is 88.5 cm³/mol. The zero-order valence-electron chi connectivity index (χ0n) is 14.6. The Morgan fingerprint density at radius 1 is 1.23 bits per heavy atom. The van der Waals surface area contributed by atoms with E-state index in [1.807, 2.05) is 6.07 Å². The van der Waals surface area contributed by atoms with Gasteiger partial charge in [-0.15, -0.1) is 0 Å². The van der Waals surface area contributed by atoms with Crippen molar-refractivity contribution in [2.24, 2.45) is 28.6 Å². The number of fused-ring (bicyclic) bond motifs is 2. The standard InChI is InChI=1S/C20H22O6/c1-19-8-15(11-5-7-24-9-11)26-18(23)12(19)4-6-20-10-25-17(22)13(20)2-3-14(21)16(19)20/h2-3,5,7,9,12-16,21H,4,6,8,10H2,1H3/t12-,13-,14+,15+,16+,19-,20+/m1/s1. The van der Waals surface area contributed by atoms with E-state index < -0.39 is 23.0 Å². The molecule has 1 aromatic rings. The minimum Gasteiger partial charge on any atom is -0.472 e. The molecule has 2 saturated heterocycles. The minimum atomic E-state index is -0.704. The van der Waals surface area contributed by atoms with E-state index in [2.05, 4.69) is 6.92 Å². The molecule has 0 radical (unpaired) electrons. The number of aliphatic hydroxyl groups excluding tert-OH is 1. The van der Waals surface area contributed by atoms with Crippen LogP contribution >= 0.6 is 0 Å². The molecule has 2 aliphatic carbocycles. The lowest BCUT2D eigenvalue weighted by Crippen LogP contribution is -2.61. The number of aliphatic hydroxyl groups is 1. The lowest BCUT2D eigenvalue weighted by atomic mass is 9.44. The molecule has 1 aromatic heterocycles. The van der Waals surface area contributed by atoms with E-state index in [0.29, 0.717) is 25.9 Å². The number of esters is 2. The summed E-state index contributed by atoms with van der Waals surface area (Å²) >= 11 is 0. The van der Waals surface area contributed by atoms with Gasteiger partial charge in [-0.2, -0.15) is 0 Å². The third-order valence-corrected chi connectivity index (χ3v) is 7.31. The second kappa shape index (κ2) is 5.22. The third kappa shape index (κ3) is 1.91. The lowest BCUT2D eigenvalue weighted by Gasteiger charge is -2.60. The first-order valence-electron chi connectivity index (χ1n) is 9.21. The van der Waals surface area contributed by atoms with Crippen LogP contribution in [0.1, 0.15) is 37.9 Å². The fraction of sp³-hybridized carbons (Fsp3) is 0.600. The van der Waals surface area contributed by atoms with Gasteiger partial charge in [0.25, 0.3) is 0 Å². The van der Waals surface area contributed by atoms with E-state index in [0.717, 1.165) is 5.56 Å². The summed E-state index contributed by atoms with van der Waals surface area (Å²) in [5.74, 6) is -1.27. The van der Waals surface area contributed by atoms with Gasteiger partial charge in [0.05, 0.1) is 37.1 Å². The molecular formula is C20H22O6. The Bertz CT molecular complexity index is 782. The number of hydrogen-bond donors (Lipinski definition) is 1. The maximum absolute atomic E-state index is 12.8. The molecule has 0 unspecified atom stereocenters. The normalized spacial score (nSPS) is 46.8. The van der Waals surface area contributed by atoms with Crippen molar-refractivity contribution in [2.75, 3.05) is 6.61 Å². The van der Waals surface area contributed by atoms with Gasteiger partial charge in [0.2, 0.25) is 0 Å². The van der Waals surface area contributed by atoms with Crippen LogP contribution in [0.3, 0.4) is 0 Å². The molecule has 6 heteroatoms. The van der Waals surface area contributed by atoms with Crippen molar-refractivity contribution in [1.82, 2.24) is 0 Å². The van der Waals surface area contributed by atoms with Crippen LogP contribution in [0.25, 0.3) is 0 Å². The first-order valence-corrected chi connectivity index (χ1v) is 9.21. The van der Waals surface area contributed by atoms with Crippen molar-refractivity contribution in [2.45, 2.75) is 38.4 Å².